The number of para-hydroxylation sites is 1. The summed E-state index contributed by atoms with van der Waals surface area (Å²) in [5.41, 5.74) is 1.08. The van der Waals surface area contributed by atoms with E-state index in [0.717, 1.165) is 10.2 Å². The molecule has 1 aliphatic rings. The Balaban J connectivity index is 1.50. The first-order chi connectivity index (χ1) is 16.3. The molecule has 2 aromatic carbocycles. The Hall–Kier alpha value is -4.46. The van der Waals surface area contributed by atoms with E-state index < -0.39 is 17.8 Å². The van der Waals surface area contributed by atoms with Crippen molar-refractivity contribution in [2.24, 2.45) is 0 Å². The molecule has 3 heterocycles. The van der Waals surface area contributed by atoms with Crippen LogP contribution < -0.4 is 19.9 Å². The maximum atomic E-state index is 13.3. The van der Waals surface area contributed by atoms with E-state index in [1.807, 2.05) is 12.1 Å². The number of hydrogen-bond donors (Lipinski definition) is 0. The van der Waals surface area contributed by atoms with E-state index >= 15 is 0 Å². The fraction of sp³-hybridized carbons (Fsp3) is 0.217. The van der Waals surface area contributed by atoms with Gasteiger partial charge < -0.3 is 14.4 Å². The first-order valence-corrected chi connectivity index (χ1v) is 10.3. The normalized spacial score (nSPS) is 13.8. The van der Waals surface area contributed by atoms with Gasteiger partial charge in [0.15, 0.2) is 11.5 Å². The smallest absolute Gasteiger partial charge is 0.395 e. The molecule has 0 atom stereocenters. The van der Waals surface area contributed by atoms with E-state index in [0.29, 0.717) is 22.0 Å². The number of hydrogen-bond acceptors (Lipinski definition) is 5. The first-order valence-electron chi connectivity index (χ1n) is 10.3. The van der Waals surface area contributed by atoms with Crippen molar-refractivity contribution in [1.29, 1.82) is 0 Å². The lowest BCUT2D eigenvalue weighted by Gasteiger charge is -2.21. The maximum absolute atomic E-state index is 13.3. The zero-order valence-electron chi connectivity index (χ0n) is 17.9. The van der Waals surface area contributed by atoms with Crippen LogP contribution >= 0.6 is 0 Å². The molecule has 0 saturated carbocycles. The number of aromatic nitrogens is 3. The Labute approximate surface area is 191 Å². The third kappa shape index (κ3) is 3.40. The lowest BCUT2D eigenvalue weighted by atomic mass is 10.2. The van der Waals surface area contributed by atoms with E-state index in [-0.39, 0.29) is 31.3 Å². The highest BCUT2D eigenvalue weighted by molar-refractivity contribution is 6.07. The molecule has 1 aliphatic heterocycles. The highest BCUT2D eigenvalue weighted by atomic mass is 19.3. The van der Waals surface area contributed by atoms with Crippen molar-refractivity contribution in [2.45, 2.75) is 26.4 Å². The van der Waals surface area contributed by atoms with E-state index in [1.165, 1.54) is 29.3 Å². The van der Waals surface area contributed by atoms with Crippen molar-refractivity contribution >= 4 is 33.4 Å². The minimum atomic E-state index is -3.76. The second-order valence-electron chi connectivity index (χ2n) is 7.55. The maximum Gasteiger partial charge on any atom is 0.586 e. The molecule has 0 N–H and O–H groups in total. The standard InChI is InChI=1S/C23H17F2N5O4/c1-3-28(14-8-9-18-19(10-14)34-23(24,25)33-18)20(31)12-30-22(32)21-15-6-4-5-7-16(15)29(13-26-2)17(21)11-27-30/h4-11H,3,12-13H2,1H3. The Kier molecular flexibility index (Phi) is 4.93. The van der Waals surface area contributed by atoms with E-state index in [4.69, 9.17) is 6.57 Å². The molecule has 0 spiro atoms. The average molecular weight is 465 g/mol. The third-order valence-electron chi connectivity index (χ3n) is 5.59. The zero-order valence-corrected chi connectivity index (χ0v) is 17.9. The van der Waals surface area contributed by atoms with E-state index in [1.54, 1.807) is 23.6 Å². The van der Waals surface area contributed by atoms with Gasteiger partial charge in [0.05, 0.1) is 22.6 Å². The van der Waals surface area contributed by atoms with Crippen LogP contribution in [0, 0.1) is 6.57 Å². The molecule has 0 radical (unpaired) electrons. The van der Waals surface area contributed by atoms with Crippen molar-refractivity contribution < 1.29 is 23.0 Å². The molecule has 11 heteroatoms. The van der Waals surface area contributed by atoms with Crippen LogP contribution in [0.2, 0.25) is 0 Å². The third-order valence-corrected chi connectivity index (χ3v) is 5.59. The summed E-state index contributed by atoms with van der Waals surface area (Å²) in [5, 5.41) is 5.20. The number of carbonyl (C=O) groups is 1. The van der Waals surface area contributed by atoms with Crippen LogP contribution in [0.25, 0.3) is 26.7 Å². The second kappa shape index (κ2) is 7.84. The number of rotatable bonds is 5. The zero-order chi connectivity index (χ0) is 24.0. The SMILES string of the molecule is [C-]#[N+]Cn1c2ccccc2c2c(=O)n(CC(=O)N(CC)c3ccc4c(c3)OC(F)(F)O4)ncc21. The molecule has 0 unspecified atom stereocenters. The van der Waals surface area contributed by atoms with E-state index in [2.05, 4.69) is 19.4 Å². The highest BCUT2D eigenvalue weighted by Gasteiger charge is 2.43. The van der Waals surface area contributed by atoms with Crippen LogP contribution in [0.4, 0.5) is 14.5 Å². The molecule has 0 aliphatic carbocycles. The molecule has 4 aromatic rings. The summed E-state index contributed by atoms with van der Waals surface area (Å²) in [6, 6.07) is 11.3. The number of nitrogens with zero attached hydrogens (tertiary/aromatic N) is 5. The van der Waals surface area contributed by atoms with Crippen molar-refractivity contribution in [3.63, 3.8) is 0 Å². The first kappa shape index (κ1) is 21.4. The molecule has 5 rings (SSSR count). The predicted octanol–water partition coefficient (Wildman–Crippen LogP) is 3.60. The lowest BCUT2D eigenvalue weighted by Crippen LogP contribution is -2.37. The number of anilines is 1. The molecule has 0 fully saturated rings. The fourth-order valence-corrected chi connectivity index (χ4v) is 4.15. The van der Waals surface area contributed by atoms with Gasteiger partial charge in [-0.05, 0) is 25.1 Å². The summed E-state index contributed by atoms with van der Waals surface area (Å²) in [7, 11) is 0. The number of halogens is 2. The Morgan fingerprint density at radius 2 is 1.94 bits per heavy atom. The number of fused-ring (bicyclic) bond motifs is 4. The fourth-order valence-electron chi connectivity index (χ4n) is 4.15. The summed E-state index contributed by atoms with van der Waals surface area (Å²) in [5.74, 6) is -0.776. The van der Waals surface area contributed by atoms with Gasteiger partial charge in [-0.15, -0.1) is 8.78 Å². The van der Waals surface area contributed by atoms with Gasteiger partial charge in [-0.1, -0.05) is 18.2 Å². The number of ether oxygens (including phenoxy) is 2. The van der Waals surface area contributed by atoms with Crippen LogP contribution in [-0.4, -0.2) is 33.1 Å². The van der Waals surface area contributed by atoms with Crippen LogP contribution in [0.3, 0.4) is 0 Å². The molecule has 34 heavy (non-hydrogen) atoms. The summed E-state index contributed by atoms with van der Waals surface area (Å²) < 4.78 is 38.3. The predicted molar refractivity (Wildman–Crippen MR) is 119 cm³/mol. The van der Waals surface area contributed by atoms with Gasteiger partial charge in [-0.2, -0.15) is 5.10 Å². The number of likely N-dealkylation sites (N-methyl/N-ethyl adjacent to an activating group) is 1. The molecular weight excluding hydrogens is 448 g/mol. The van der Waals surface area contributed by atoms with Gasteiger partial charge in [0.1, 0.15) is 6.54 Å². The minimum absolute atomic E-state index is 0.0286. The number of benzene rings is 2. The number of carbonyl (C=O) groups excluding carboxylic acids is 1. The quantitative estimate of drug-likeness (QED) is 0.421. The second-order valence-corrected chi connectivity index (χ2v) is 7.55. The van der Waals surface area contributed by atoms with Crippen molar-refractivity contribution in [2.75, 3.05) is 11.4 Å². The summed E-state index contributed by atoms with van der Waals surface area (Å²) >= 11 is 0. The van der Waals surface area contributed by atoms with Crippen molar-refractivity contribution in [3.05, 3.63) is 70.4 Å². The molecule has 0 saturated heterocycles. The van der Waals surface area contributed by atoms with Crippen molar-refractivity contribution in [3.8, 4) is 11.5 Å². The van der Waals surface area contributed by atoms with Crippen LogP contribution in [0.5, 0.6) is 11.5 Å². The minimum Gasteiger partial charge on any atom is -0.395 e. The Morgan fingerprint density at radius 1 is 1.18 bits per heavy atom. The summed E-state index contributed by atoms with van der Waals surface area (Å²) in [6.45, 7) is 8.83. The van der Waals surface area contributed by atoms with Crippen LogP contribution in [0.1, 0.15) is 6.92 Å². The molecule has 172 valence electrons. The Bertz CT molecular complexity index is 1550. The molecule has 9 nitrogen and oxygen atoms in total. The molecule has 0 bridgehead atoms. The Morgan fingerprint density at radius 3 is 2.71 bits per heavy atom. The van der Waals surface area contributed by atoms with Gasteiger partial charge in [-0.3, -0.25) is 19.0 Å². The summed E-state index contributed by atoms with van der Waals surface area (Å²) in [4.78, 5) is 31.1. The van der Waals surface area contributed by atoms with Crippen molar-refractivity contribution in [1.82, 2.24) is 14.3 Å². The summed E-state index contributed by atoms with van der Waals surface area (Å²) in [6.07, 6.45) is -2.30. The topological polar surface area (TPSA) is 83.0 Å². The van der Waals surface area contributed by atoms with Gasteiger partial charge >= 0.3 is 6.29 Å². The van der Waals surface area contributed by atoms with Gasteiger partial charge in [0.2, 0.25) is 5.91 Å². The number of amides is 1. The van der Waals surface area contributed by atoms with Crippen LogP contribution in [-0.2, 0) is 18.0 Å². The largest absolute Gasteiger partial charge is 0.586 e. The monoisotopic (exact) mass is 465 g/mol. The highest BCUT2D eigenvalue weighted by Crippen LogP contribution is 2.42. The average Bonchev–Trinajstić information content (AvgIpc) is 3.29. The number of alkyl halides is 2. The van der Waals surface area contributed by atoms with Gasteiger partial charge in [0, 0.05) is 23.7 Å². The molecular formula is C23H17F2N5O4. The molecule has 2 aromatic heterocycles. The lowest BCUT2D eigenvalue weighted by molar-refractivity contribution is -0.286. The molecule has 1 amide bonds. The van der Waals surface area contributed by atoms with E-state index in [9.17, 15) is 18.4 Å². The van der Waals surface area contributed by atoms with Gasteiger partial charge in [-0.25, -0.2) is 11.3 Å². The van der Waals surface area contributed by atoms with Gasteiger partial charge in [0.25, 0.3) is 12.2 Å². The van der Waals surface area contributed by atoms with Crippen LogP contribution in [0.15, 0.2) is 53.5 Å².